The fraction of sp³-hybridized carbons (Fsp3) is 0.833. The molecule has 2 aliphatic heterocycles. The summed E-state index contributed by atoms with van der Waals surface area (Å²) in [5.74, 6) is 0.685. The maximum absolute atomic E-state index is 12.8. The summed E-state index contributed by atoms with van der Waals surface area (Å²) in [5, 5.41) is 6.40. The maximum atomic E-state index is 12.8. The van der Waals surface area contributed by atoms with Gasteiger partial charge in [-0.25, -0.2) is 0 Å². The molecule has 2 saturated heterocycles. The third-order valence-corrected chi connectivity index (χ3v) is 6.19. The molecule has 8 heteroatoms. The number of nitrogens with zero attached hydrogens (tertiary/aromatic N) is 2. The van der Waals surface area contributed by atoms with E-state index in [0.717, 1.165) is 32.4 Å². The molecule has 0 aromatic heterocycles. The van der Waals surface area contributed by atoms with Crippen LogP contribution in [0.4, 0.5) is 0 Å². The smallest absolute Gasteiger partial charge is 0.227 e. The van der Waals surface area contributed by atoms with E-state index in [1.165, 1.54) is 6.42 Å². The zero-order valence-corrected chi connectivity index (χ0v) is 16.4. The zero-order valence-electron chi connectivity index (χ0n) is 15.6. The van der Waals surface area contributed by atoms with Crippen LogP contribution >= 0.6 is 12.4 Å². The van der Waals surface area contributed by atoms with Crippen LogP contribution in [0.15, 0.2) is 0 Å². The standard InChI is InChI=1S/C18H30N4O3.ClH/c1-14(23)21-8-10-22(11-9-21)16(24)5-7-20-17(25)18-6-3-2-4-15(18)12-19-13-18;/h15,19H,2-13H2,1H3,(H,20,25);1H/t15-,18+;/m0./s1. The molecule has 3 aliphatic rings. The molecule has 0 bridgehead atoms. The lowest BCUT2D eigenvalue weighted by atomic mass is 9.67. The quantitative estimate of drug-likeness (QED) is 0.732. The van der Waals surface area contributed by atoms with Crippen molar-refractivity contribution in [3.8, 4) is 0 Å². The van der Waals surface area contributed by atoms with Crippen molar-refractivity contribution in [1.29, 1.82) is 0 Å². The molecule has 148 valence electrons. The number of fused-ring (bicyclic) bond motifs is 1. The first-order valence-corrected chi connectivity index (χ1v) is 9.55. The number of halogens is 1. The highest BCUT2D eigenvalue weighted by Crippen LogP contribution is 2.43. The van der Waals surface area contributed by atoms with Gasteiger partial charge in [-0.15, -0.1) is 12.4 Å². The van der Waals surface area contributed by atoms with Crippen molar-refractivity contribution in [2.75, 3.05) is 45.8 Å². The van der Waals surface area contributed by atoms with Gasteiger partial charge in [0.25, 0.3) is 0 Å². The highest BCUT2D eigenvalue weighted by Gasteiger charge is 2.49. The van der Waals surface area contributed by atoms with Crippen molar-refractivity contribution in [1.82, 2.24) is 20.4 Å². The molecule has 3 rings (SSSR count). The van der Waals surface area contributed by atoms with E-state index < -0.39 is 0 Å². The second-order valence-corrected chi connectivity index (χ2v) is 7.62. The lowest BCUT2D eigenvalue weighted by molar-refractivity contribution is -0.139. The molecule has 0 aromatic rings. The first-order chi connectivity index (χ1) is 12.0. The first-order valence-electron chi connectivity index (χ1n) is 9.55. The van der Waals surface area contributed by atoms with E-state index in [9.17, 15) is 14.4 Å². The summed E-state index contributed by atoms with van der Waals surface area (Å²) in [6.07, 6.45) is 4.74. The summed E-state index contributed by atoms with van der Waals surface area (Å²) in [5.41, 5.74) is -0.256. The maximum Gasteiger partial charge on any atom is 0.227 e. The van der Waals surface area contributed by atoms with Gasteiger partial charge in [0, 0.05) is 52.6 Å². The second kappa shape index (κ2) is 9.04. The van der Waals surface area contributed by atoms with Gasteiger partial charge < -0.3 is 20.4 Å². The van der Waals surface area contributed by atoms with Gasteiger partial charge in [0.05, 0.1) is 5.41 Å². The molecule has 1 aliphatic carbocycles. The molecular formula is C18H31ClN4O3. The van der Waals surface area contributed by atoms with E-state index in [2.05, 4.69) is 10.6 Å². The first kappa shape index (κ1) is 21.0. The van der Waals surface area contributed by atoms with Crippen LogP contribution in [0.25, 0.3) is 0 Å². The number of nitrogens with one attached hydrogen (secondary N) is 2. The third kappa shape index (κ3) is 4.31. The Morgan fingerprint density at radius 3 is 2.50 bits per heavy atom. The van der Waals surface area contributed by atoms with Gasteiger partial charge in [-0.3, -0.25) is 14.4 Å². The normalized spacial score (nSPS) is 28.1. The van der Waals surface area contributed by atoms with Gasteiger partial charge in [0.2, 0.25) is 17.7 Å². The molecule has 0 unspecified atom stereocenters. The molecule has 1 saturated carbocycles. The Balaban J connectivity index is 0.00000243. The van der Waals surface area contributed by atoms with Crippen molar-refractivity contribution >= 4 is 30.1 Å². The molecule has 7 nitrogen and oxygen atoms in total. The van der Waals surface area contributed by atoms with E-state index in [4.69, 9.17) is 0 Å². The highest BCUT2D eigenvalue weighted by atomic mass is 35.5. The number of hydrogen-bond donors (Lipinski definition) is 2. The van der Waals surface area contributed by atoms with Gasteiger partial charge in [0.1, 0.15) is 0 Å². The molecule has 0 radical (unpaired) electrons. The predicted molar refractivity (Wildman–Crippen MR) is 101 cm³/mol. The van der Waals surface area contributed by atoms with Crippen LogP contribution in [0.3, 0.4) is 0 Å². The summed E-state index contributed by atoms with van der Waals surface area (Å²) >= 11 is 0. The highest BCUT2D eigenvalue weighted by molar-refractivity contribution is 5.85. The van der Waals surface area contributed by atoms with Crippen molar-refractivity contribution in [3.05, 3.63) is 0 Å². The molecule has 0 aromatic carbocycles. The molecule has 3 fully saturated rings. The van der Waals surface area contributed by atoms with E-state index in [0.29, 0.717) is 45.1 Å². The second-order valence-electron chi connectivity index (χ2n) is 7.62. The van der Waals surface area contributed by atoms with Crippen molar-refractivity contribution in [2.45, 2.75) is 39.0 Å². The minimum Gasteiger partial charge on any atom is -0.355 e. The largest absolute Gasteiger partial charge is 0.355 e. The SMILES string of the molecule is CC(=O)N1CCN(C(=O)CCNC(=O)[C@@]23CCCC[C@H]2CNC3)CC1.Cl. The van der Waals surface area contributed by atoms with Crippen LogP contribution < -0.4 is 10.6 Å². The third-order valence-electron chi connectivity index (χ3n) is 6.19. The van der Waals surface area contributed by atoms with E-state index >= 15 is 0 Å². The van der Waals surface area contributed by atoms with Crippen LogP contribution in [-0.4, -0.2) is 73.3 Å². The molecule has 3 amide bonds. The Morgan fingerprint density at radius 1 is 1.12 bits per heavy atom. The molecule has 2 atom stereocenters. The summed E-state index contributed by atoms with van der Waals surface area (Å²) in [7, 11) is 0. The molecule has 26 heavy (non-hydrogen) atoms. The monoisotopic (exact) mass is 386 g/mol. The fourth-order valence-corrected chi connectivity index (χ4v) is 4.58. The van der Waals surface area contributed by atoms with E-state index in [-0.39, 0.29) is 35.5 Å². The van der Waals surface area contributed by atoms with E-state index in [1.54, 1.807) is 16.7 Å². The van der Waals surface area contributed by atoms with Crippen LogP contribution in [0.2, 0.25) is 0 Å². The van der Waals surface area contributed by atoms with Gasteiger partial charge in [-0.1, -0.05) is 12.8 Å². The topological polar surface area (TPSA) is 81.8 Å². The minimum absolute atomic E-state index is 0. The Hall–Kier alpha value is -1.34. The fourth-order valence-electron chi connectivity index (χ4n) is 4.58. The summed E-state index contributed by atoms with van der Waals surface area (Å²) in [4.78, 5) is 40.0. The van der Waals surface area contributed by atoms with Crippen LogP contribution in [-0.2, 0) is 14.4 Å². The number of amides is 3. The number of hydrogen-bond acceptors (Lipinski definition) is 4. The van der Waals surface area contributed by atoms with Gasteiger partial charge >= 0.3 is 0 Å². The molecule has 0 spiro atoms. The minimum atomic E-state index is -0.256. The average Bonchev–Trinajstić information content (AvgIpc) is 3.07. The molecule has 2 heterocycles. The number of carbonyl (C=O) groups is 3. The van der Waals surface area contributed by atoms with Crippen LogP contribution in [0.1, 0.15) is 39.0 Å². The van der Waals surface area contributed by atoms with E-state index in [1.807, 2.05) is 0 Å². The Labute approximate surface area is 161 Å². The lowest BCUT2D eigenvalue weighted by Crippen LogP contribution is -2.51. The van der Waals surface area contributed by atoms with Crippen molar-refractivity contribution in [3.63, 3.8) is 0 Å². The summed E-state index contributed by atoms with van der Waals surface area (Å²) in [6.45, 7) is 6.04. The van der Waals surface area contributed by atoms with Gasteiger partial charge in [-0.05, 0) is 25.3 Å². The van der Waals surface area contributed by atoms with Crippen molar-refractivity contribution in [2.24, 2.45) is 11.3 Å². The zero-order chi connectivity index (χ0) is 17.9. The van der Waals surface area contributed by atoms with Crippen molar-refractivity contribution < 1.29 is 14.4 Å². The summed E-state index contributed by atoms with van der Waals surface area (Å²) in [6, 6.07) is 0. The predicted octanol–water partition coefficient (Wildman–Crippen LogP) is 0.385. The Kier molecular flexibility index (Phi) is 7.29. The number of carbonyl (C=O) groups excluding carboxylic acids is 3. The number of rotatable bonds is 4. The molecular weight excluding hydrogens is 356 g/mol. The number of piperazine rings is 1. The van der Waals surface area contributed by atoms with Crippen LogP contribution in [0.5, 0.6) is 0 Å². The summed E-state index contributed by atoms with van der Waals surface area (Å²) < 4.78 is 0. The Bertz CT molecular complexity index is 537. The Morgan fingerprint density at radius 2 is 1.81 bits per heavy atom. The lowest BCUT2D eigenvalue weighted by Gasteiger charge is -2.37. The van der Waals surface area contributed by atoms with Gasteiger partial charge in [0.15, 0.2) is 0 Å². The average molecular weight is 387 g/mol. The van der Waals surface area contributed by atoms with Crippen LogP contribution in [0, 0.1) is 11.3 Å². The van der Waals surface area contributed by atoms with Gasteiger partial charge in [-0.2, -0.15) is 0 Å². The molecule has 2 N–H and O–H groups in total.